The second-order valence-electron chi connectivity index (χ2n) is 2.98. The number of carbonyl (C=O) groups is 1. The first-order valence-corrected chi connectivity index (χ1v) is 4.39. The highest BCUT2D eigenvalue weighted by molar-refractivity contribution is 6.13. The van der Waals surface area contributed by atoms with E-state index in [0.29, 0.717) is 22.6 Å². The van der Waals surface area contributed by atoms with Crippen LogP contribution in [0.25, 0.3) is 0 Å². The van der Waals surface area contributed by atoms with Crippen LogP contribution in [0.15, 0.2) is 35.8 Å². The van der Waals surface area contributed by atoms with E-state index in [1.807, 2.05) is 0 Å². The number of hydrogen-bond donors (Lipinski definition) is 2. The van der Waals surface area contributed by atoms with Crippen molar-refractivity contribution in [3.8, 4) is 0 Å². The number of nitrogen functional groups attached to an aromatic ring is 1. The molecule has 4 N–H and O–H groups in total. The second kappa shape index (κ2) is 4.41. The molecule has 0 spiro atoms. The van der Waals surface area contributed by atoms with Crippen molar-refractivity contribution < 1.29 is 4.79 Å². The van der Waals surface area contributed by atoms with Crippen LogP contribution in [0.1, 0.15) is 15.9 Å². The van der Waals surface area contributed by atoms with Gasteiger partial charge in [-0.3, -0.25) is 9.79 Å². The topological polar surface area (TPSA) is 81.5 Å². The van der Waals surface area contributed by atoms with Gasteiger partial charge in [0, 0.05) is 23.9 Å². The first-order chi connectivity index (χ1) is 7.10. The van der Waals surface area contributed by atoms with E-state index in [1.54, 1.807) is 25.2 Å². The number of amidine groups is 1. The Bertz CT molecular complexity index is 435. The number of carbonyl (C=O) groups excluding carboxylic acids is 1. The maximum Gasteiger partial charge on any atom is 0.186 e. The number of rotatable bonds is 3. The standard InChI is InChI=1S/C11H13N3O/c1-3-10(15)9-6-7(12)4-5-8(9)11(13)14-2/h3-6H,1,12H2,2H3,(H2,13,14). The molecule has 0 saturated carbocycles. The molecule has 0 aromatic heterocycles. The Morgan fingerprint density at radius 1 is 1.47 bits per heavy atom. The van der Waals surface area contributed by atoms with Gasteiger partial charge in [-0.2, -0.15) is 0 Å². The van der Waals surface area contributed by atoms with Crippen LogP contribution in [-0.2, 0) is 0 Å². The van der Waals surface area contributed by atoms with Crippen molar-refractivity contribution >= 4 is 17.3 Å². The SMILES string of the molecule is C=CC(=O)c1cc(N)ccc1C(N)=NC. The monoisotopic (exact) mass is 203 g/mol. The summed E-state index contributed by atoms with van der Waals surface area (Å²) in [6.07, 6.45) is 1.22. The molecule has 78 valence electrons. The third-order valence-electron chi connectivity index (χ3n) is 2.01. The highest BCUT2D eigenvalue weighted by Crippen LogP contribution is 2.14. The summed E-state index contributed by atoms with van der Waals surface area (Å²) >= 11 is 0. The van der Waals surface area contributed by atoms with Crippen LogP contribution in [0.3, 0.4) is 0 Å². The number of hydrogen-bond acceptors (Lipinski definition) is 3. The van der Waals surface area contributed by atoms with Gasteiger partial charge in [0.1, 0.15) is 5.84 Å². The molecule has 0 fully saturated rings. The summed E-state index contributed by atoms with van der Waals surface area (Å²) in [4.78, 5) is 15.4. The lowest BCUT2D eigenvalue weighted by Crippen LogP contribution is -2.17. The molecule has 0 unspecified atom stereocenters. The predicted molar refractivity (Wildman–Crippen MR) is 62.0 cm³/mol. The van der Waals surface area contributed by atoms with E-state index in [9.17, 15) is 4.79 Å². The Hall–Kier alpha value is -2.10. The summed E-state index contributed by atoms with van der Waals surface area (Å²) in [5.74, 6) is 0.0871. The first kappa shape index (κ1) is 11.0. The fourth-order valence-corrected chi connectivity index (χ4v) is 1.22. The molecule has 0 bridgehead atoms. The van der Waals surface area contributed by atoms with E-state index < -0.39 is 0 Å². The van der Waals surface area contributed by atoms with E-state index in [4.69, 9.17) is 11.5 Å². The van der Waals surface area contributed by atoms with Gasteiger partial charge in [0.2, 0.25) is 0 Å². The van der Waals surface area contributed by atoms with Crippen molar-refractivity contribution in [1.82, 2.24) is 0 Å². The summed E-state index contributed by atoms with van der Waals surface area (Å²) in [7, 11) is 1.56. The largest absolute Gasteiger partial charge is 0.399 e. The molecule has 0 amide bonds. The van der Waals surface area contributed by atoms with Gasteiger partial charge in [-0.15, -0.1) is 0 Å². The minimum atomic E-state index is -0.219. The molecule has 15 heavy (non-hydrogen) atoms. The van der Waals surface area contributed by atoms with E-state index in [0.717, 1.165) is 0 Å². The molecule has 4 heteroatoms. The number of nitrogens with zero attached hydrogens (tertiary/aromatic N) is 1. The van der Waals surface area contributed by atoms with Crippen LogP contribution in [-0.4, -0.2) is 18.7 Å². The highest BCUT2D eigenvalue weighted by Gasteiger charge is 2.11. The second-order valence-corrected chi connectivity index (χ2v) is 2.98. The molecule has 0 radical (unpaired) electrons. The lowest BCUT2D eigenvalue weighted by molar-refractivity contribution is 0.104. The summed E-state index contributed by atoms with van der Waals surface area (Å²) < 4.78 is 0. The zero-order valence-electron chi connectivity index (χ0n) is 8.53. The lowest BCUT2D eigenvalue weighted by Gasteiger charge is -2.06. The summed E-state index contributed by atoms with van der Waals surface area (Å²) in [5.41, 5.74) is 12.8. The molecule has 0 heterocycles. The Labute approximate surface area is 88.3 Å². The van der Waals surface area contributed by atoms with Gasteiger partial charge in [0.25, 0.3) is 0 Å². The smallest absolute Gasteiger partial charge is 0.186 e. The minimum absolute atomic E-state index is 0.219. The normalized spacial score (nSPS) is 11.1. The minimum Gasteiger partial charge on any atom is -0.399 e. The van der Waals surface area contributed by atoms with Crippen molar-refractivity contribution in [3.63, 3.8) is 0 Å². The molecule has 1 rings (SSSR count). The average Bonchev–Trinajstić information content (AvgIpc) is 2.26. The van der Waals surface area contributed by atoms with Gasteiger partial charge in [-0.25, -0.2) is 0 Å². The molecule has 1 aromatic carbocycles. The number of benzene rings is 1. The molecular formula is C11H13N3O. The van der Waals surface area contributed by atoms with E-state index in [-0.39, 0.29) is 5.78 Å². The summed E-state index contributed by atoms with van der Waals surface area (Å²) in [6, 6.07) is 4.92. The lowest BCUT2D eigenvalue weighted by atomic mass is 10.0. The molecule has 0 atom stereocenters. The third-order valence-corrected chi connectivity index (χ3v) is 2.01. The highest BCUT2D eigenvalue weighted by atomic mass is 16.1. The van der Waals surface area contributed by atoms with Crippen LogP contribution in [0.4, 0.5) is 5.69 Å². The maximum absolute atomic E-state index is 11.5. The van der Waals surface area contributed by atoms with E-state index in [2.05, 4.69) is 11.6 Å². The fraction of sp³-hybridized carbons (Fsp3) is 0.0909. The Balaban J connectivity index is 3.39. The Morgan fingerprint density at radius 3 is 2.67 bits per heavy atom. The van der Waals surface area contributed by atoms with Gasteiger partial charge in [0.15, 0.2) is 5.78 Å². The van der Waals surface area contributed by atoms with Gasteiger partial charge >= 0.3 is 0 Å². The number of nitrogens with two attached hydrogens (primary N) is 2. The fourth-order valence-electron chi connectivity index (χ4n) is 1.22. The zero-order chi connectivity index (χ0) is 11.4. The summed E-state index contributed by atoms with van der Waals surface area (Å²) in [6.45, 7) is 3.42. The first-order valence-electron chi connectivity index (χ1n) is 4.39. The molecule has 0 saturated heterocycles. The van der Waals surface area contributed by atoms with Crippen LogP contribution < -0.4 is 11.5 Å². The van der Waals surface area contributed by atoms with Crippen LogP contribution in [0.5, 0.6) is 0 Å². The molecule has 0 aliphatic carbocycles. The van der Waals surface area contributed by atoms with Crippen LogP contribution in [0.2, 0.25) is 0 Å². The quantitative estimate of drug-likeness (QED) is 0.252. The molecule has 0 aliphatic heterocycles. The molecule has 1 aromatic rings. The number of aliphatic imine (C=N–C) groups is 1. The van der Waals surface area contributed by atoms with Crippen molar-refractivity contribution in [2.24, 2.45) is 10.7 Å². The Kier molecular flexibility index (Phi) is 3.23. The van der Waals surface area contributed by atoms with E-state index in [1.165, 1.54) is 6.08 Å². The Morgan fingerprint density at radius 2 is 2.13 bits per heavy atom. The van der Waals surface area contributed by atoms with Crippen LogP contribution in [0, 0.1) is 0 Å². The average molecular weight is 203 g/mol. The third kappa shape index (κ3) is 2.22. The maximum atomic E-state index is 11.5. The molecule has 4 nitrogen and oxygen atoms in total. The number of allylic oxidation sites excluding steroid dienone is 1. The van der Waals surface area contributed by atoms with Crippen molar-refractivity contribution in [1.29, 1.82) is 0 Å². The van der Waals surface area contributed by atoms with Gasteiger partial charge in [0.05, 0.1) is 0 Å². The number of anilines is 1. The predicted octanol–water partition coefficient (Wildman–Crippen LogP) is 0.973. The van der Waals surface area contributed by atoms with E-state index >= 15 is 0 Å². The van der Waals surface area contributed by atoms with Crippen molar-refractivity contribution in [2.75, 3.05) is 12.8 Å². The summed E-state index contributed by atoms with van der Waals surface area (Å²) in [5, 5.41) is 0. The number of ketones is 1. The molecule has 0 aliphatic rings. The molecular weight excluding hydrogens is 190 g/mol. The van der Waals surface area contributed by atoms with Crippen LogP contribution >= 0.6 is 0 Å². The zero-order valence-corrected chi connectivity index (χ0v) is 8.53. The van der Waals surface area contributed by atoms with Crippen molar-refractivity contribution in [3.05, 3.63) is 42.0 Å². The van der Waals surface area contributed by atoms with Gasteiger partial charge in [-0.1, -0.05) is 6.58 Å². The van der Waals surface area contributed by atoms with Gasteiger partial charge < -0.3 is 11.5 Å². The van der Waals surface area contributed by atoms with Crippen molar-refractivity contribution in [2.45, 2.75) is 0 Å². The van der Waals surface area contributed by atoms with Gasteiger partial charge in [-0.05, 0) is 24.3 Å².